The van der Waals surface area contributed by atoms with Gasteiger partial charge in [0.05, 0.1) is 0 Å². The fourth-order valence-electron chi connectivity index (χ4n) is 2.80. The molecular weight excluding hydrogens is 308 g/mol. The van der Waals surface area contributed by atoms with Crippen molar-refractivity contribution in [2.75, 3.05) is 24.5 Å². The van der Waals surface area contributed by atoms with Crippen LogP contribution in [0, 0.1) is 13.8 Å². The largest absolute Gasteiger partial charge is 0.444 e. The van der Waals surface area contributed by atoms with Crippen LogP contribution in [0.3, 0.4) is 0 Å². The molecule has 7 heteroatoms. The van der Waals surface area contributed by atoms with Crippen molar-refractivity contribution in [3.63, 3.8) is 0 Å². The lowest BCUT2D eigenvalue weighted by atomic mass is 10.1. The van der Waals surface area contributed by atoms with Crippen molar-refractivity contribution >= 4 is 17.8 Å². The maximum absolute atomic E-state index is 12.3. The molecular formula is C17H26N4O3. The number of aromatic nitrogens is 1. The Morgan fingerprint density at radius 1 is 1.29 bits per heavy atom. The zero-order valence-electron chi connectivity index (χ0n) is 15.0. The second-order valence-corrected chi connectivity index (χ2v) is 7.19. The molecule has 2 heterocycles. The predicted molar refractivity (Wildman–Crippen MR) is 91.8 cm³/mol. The third-order valence-electron chi connectivity index (χ3n) is 3.82. The highest BCUT2D eigenvalue weighted by atomic mass is 16.6. The number of aryl methyl sites for hydroxylation is 2. The average Bonchev–Trinajstić information content (AvgIpc) is 2.44. The molecule has 1 unspecified atom stereocenters. The Morgan fingerprint density at radius 2 is 1.96 bits per heavy atom. The van der Waals surface area contributed by atoms with Crippen LogP contribution in [0.4, 0.5) is 10.6 Å². The molecule has 1 aliphatic heterocycles. The summed E-state index contributed by atoms with van der Waals surface area (Å²) in [5.74, 6) is 0.269. The fraction of sp³-hybridized carbons (Fsp3) is 0.588. The number of ether oxygens (including phenoxy) is 1. The van der Waals surface area contributed by atoms with Crippen molar-refractivity contribution in [2.24, 2.45) is 5.73 Å². The molecule has 0 aromatic carbocycles. The summed E-state index contributed by atoms with van der Waals surface area (Å²) >= 11 is 0. The zero-order chi connectivity index (χ0) is 18.1. The van der Waals surface area contributed by atoms with Gasteiger partial charge in [-0.2, -0.15) is 0 Å². The summed E-state index contributed by atoms with van der Waals surface area (Å²) in [5.41, 5.74) is 7.02. The Labute approximate surface area is 142 Å². The van der Waals surface area contributed by atoms with E-state index >= 15 is 0 Å². The minimum atomic E-state index is -0.740. The van der Waals surface area contributed by atoms with Gasteiger partial charge in [0, 0.05) is 25.8 Å². The third kappa shape index (κ3) is 4.15. The first-order valence-electron chi connectivity index (χ1n) is 8.05. The molecule has 0 radical (unpaired) electrons. The van der Waals surface area contributed by atoms with Gasteiger partial charge in [0.25, 0.3) is 0 Å². The zero-order valence-corrected chi connectivity index (χ0v) is 15.0. The van der Waals surface area contributed by atoms with Crippen LogP contribution in [0.2, 0.25) is 0 Å². The molecule has 0 aliphatic carbocycles. The van der Waals surface area contributed by atoms with Crippen LogP contribution in [0.25, 0.3) is 0 Å². The van der Waals surface area contributed by atoms with Crippen LogP contribution in [-0.2, 0) is 9.53 Å². The van der Waals surface area contributed by atoms with E-state index in [1.165, 1.54) is 4.90 Å². The molecule has 7 nitrogen and oxygen atoms in total. The predicted octanol–water partition coefficient (Wildman–Crippen LogP) is 1.61. The van der Waals surface area contributed by atoms with Crippen LogP contribution in [0.15, 0.2) is 12.3 Å². The van der Waals surface area contributed by atoms with Gasteiger partial charge in [-0.05, 0) is 45.7 Å². The van der Waals surface area contributed by atoms with E-state index < -0.39 is 23.6 Å². The summed E-state index contributed by atoms with van der Waals surface area (Å²) in [4.78, 5) is 32.1. The summed E-state index contributed by atoms with van der Waals surface area (Å²) in [6.07, 6.45) is 1.28. The monoisotopic (exact) mass is 334 g/mol. The second-order valence-electron chi connectivity index (χ2n) is 7.19. The van der Waals surface area contributed by atoms with Crippen molar-refractivity contribution in [1.82, 2.24) is 9.88 Å². The van der Waals surface area contributed by atoms with E-state index in [4.69, 9.17) is 10.5 Å². The van der Waals surface area contributed by atoms with Crippen molar-refractivity contribution < 1.29 is 14.3 Å². The van der Waals surface area contributed by atoms with Gasteiger partial charge in [-0.3, -0.25) is 9.69 Å². The molecule has 1 fully saturated rings. The third-order valence-corrected chi connectivity index (χ3v) is 3.82. The van der Waals surface area contributed by atoms with Crippen LogP contribution < -0.4 is 10.6 Å². The molecule has 2 amide bonds. The van der Waals surface area contributed by atoms with Gasteiger partial charge in [0.15, 0.2) is 0 Å². The number of anilines is 1. The topological polar surface area (TPSA) is 88.8 Å². The minimum Gasteiger partial charge on any atom is -0.444 e. The first kappa shape index (κ1) is 18.0. The van der Waals surface area contributed by atoms with Crippen molar-refractivity contribution in [3.8, 4) is 0 Å². The normalized spacial score (nSPS) is 18.5. The number of carbonyl (C=O) groups is 2. The van der Waals surface area contributed by atoms with E-state index in [0.29, 0.717) is 19.6 Å². The molecule has 2 N–H and O–H groups in total. The van der Waals surface area contributed by atoms with Crippen LogP contribution in [-0.4, -0.2) is 53.2 Å². The Hall–Kier alpha value is -2.31. The van der Waals surface area contributed by atoms with Gasteiger partial charge in [0.1, 0.15) is 17.5 Å². The second kappa shape index (κ2) is 6.67. The molecule has 2 rings (SSSR count). The molecule has 0 spiro atoms. The first-order valence-corrected chi connectivity index (χ1v) is 8.05. The smallest absolute Gasteiger partial charge is 0.411 e. The number of primary amides is 1. The molecule has 132 valence electrons. The number of hydrogen-bond donors (Lipinski definition) is 1. The quantitative estimate of drug-likeness (QED) is 0.887. The maximum Gasteiger partial charge on any atom is 0.411 e. The van der Waals surface area contributed by atoms with E-state index in [0.717, 1.165) is 16.9 Å². The standard InChI is InChI=1S/C17H26N4O3/c1-11-8-12(2)15(19-9-11)20-6-7-21(13(10-20)14(18)22)16(23)24-17(3,4)5/h8-9,13H,6-7,10H2,1-5H3,(H2,18,22). The lowest BCUT2D eigenvalue weighted by Gasteiger charge is -2.41. The van der Waals surface area contributed by atoms with Crippen molar-refractivity contribution in [3.05, 3.63) is 23.4 Å². The Balaban J connectivity index is 2.19. The van der Waals surface area contributed by atoms with Gasteiger partial charge >= 0.3 is 6.09 Å². The number of piperazine rings is 1. The van der Waals surface area contributed by atoms with E-state index in [1.807, 2.05) is 24.8 Å². The summed E-state index contributed by atoms with van der Waals surface area (Å²) in [6, 6.07) is 1.30. The first-order chi connectivity index (χ1) is 11.1. The fourth-order valence-corrected chi connectivity index (χ4v) is 2.80. The molecule has 1 saturated heterocycles. The number of rotatable bonds is 2. The average molecular weight is 334 g/mol. The number of nitrogens with two attached hydrogens (primary N) is 1. The van der Waals surface area contributed by atoms with Crippen molar-refractivity contribution in [2.45, 2.75) is 46.3 Å². The van der Waals surface area contributed by atoms with Crippen LogP contribution >= 0.6 is 0 Å². The van der Waals surface area contributed by atoms with E-state index in [9.17, 15) is 9.59 Å². The molecule has 1 atom stereocenters. The lowest BCUT2D eigenvalue weighted by Crippen LogP contribution is -2.60. The highest BCUT2D eigenvalue weighted by molar-refractivity contribution is 5.85. The van der Waals surface area contributed by atoms with E-state index in [1.54, 1.807) is 27.0 Å². The molecule has 1 aliphatic rings. The van der Waals surface area contributed by atoms with Crippen molar-refractivity contribution in [1.29, 1.82) is 0 Å². The number of carbonyl (C=O) groups excluding carboxylic acids is 2. The molecule has 1 aromatic heterocycles. The summed E-state index contributed by atoms with van der Waals surface area (Å²) < 4.78 is 5.38. The summed E-state index contributed by atoms with van der Waals surface area (Å²) in [6.45, 7) is 10.6. The summed E-state index contributed by atoms with van der Waals surface area (Å²) in [5, 5.41) is 0. The van der Waals surface area contributed by atoms with Crippen LogP contribution in [0.5, 0.6) is 0 Å². The Bertz CT molecular complexity index is 639. The minimum absolute atomic E-state index is 0.311. The summed E-state index contributed by atoms with van der Waals surface area (Å²) in [7, 11) is 0. The van der Waals surface area contributed by atoms with Crippen LogP contribution in [0.1, 0.15) is 31.9 Å². The molecule has 0 saturated carbocycles. The Kier molecular flexibility index (Phi) is 5.01. The lowest BCUT2D eigenvalue weighted by molar-refractivity contribution is -0.123. The van der Waals surface area contributed by atoms with Gasteiger partial charge in [0.2, 0.25) is 5.91 Å². The molecule has 0 bridgehead atoms. The molecule has 1 aromatic rings. The van der Waals surface area contributed by atoms with Gasteiger partial charge < -0.3 is 15.4 Å². The van der Waals surface area contributed by atoms with Gasteiger partial charge in [-0.15, -0.1) is 0 Å². The van der Waals surface area contributed by atoms with E-state index in [-0.39, 0.29) is 0 Å². The number of nitrogens with zero attached hydrogens (tertiary/aromatic N) is 3. The number of pyridine rings is 1. The number of amides is 2. The highest BCUT2D eigenvalue weighted by Crippen LogP contribution is 2.23. The molecule has 24 heavy (non-hydrogen) atoms. The SMILES string of the molecule is Cc1cnc(N2CCN(C(=O)OC(C)(C)C)C(C(N)=O)C2)c(C)c1. The van der Waals surface area contributed by atoms with E-state index in [2.05, 4.69) is 4.98 Å². The van der Waals surface area contributed by atoms with Gasteiger partial charge in [-0.1, -0.05) is 6.07 Å². The highest BCUT2D eigenvalue weighted by Gasteiger charge is 2.37. The van der Waals surface area contributed by atoms with Gasteiger partial charge in [-0.25, -0.2) is 9.78 Å². The Morgan fingerprint density at radius 3 is 2.50 bits per heavy atom. The number of hydrogen-bond acceptors (Lipinski definition) is 5. The maximum atomic E-state index is 12.3.